The van der Waals surface area contributed by atoms with Gasteiger partial charge in [-0.05, 0) is 31.7 Å². The minimum absolute atomic E-state index is 0.0111. The lowest BCUT2D eigenvalue weighted by atomic mass is 9.90. The van der Waals surface area contributed by atoms with Crippen LogP contribution in [-0.2, 0) is 9.53 Å². The van der Waals surface area contributed by atoms with Gasteiger partial charge in [0.25, 0.3) is 0 Å². The van der Waals surface area contributed by atoms with Crippen molar-refractivity contribution in [1.82, 2.24) is 10.2 Å². The average molecular weight is 268 g/mol. The number of nitrogens with zero attached hydrogens (tertiary/aromatic N) is 1. The van der Waals surface area contributed by atoms with Crippen molar-refractivity contribution in [3.63, 3.8) is 0 Å². The number of ether oxygens (including phenoxy) is 1. The van der Waals surface area contributed by atoms with Crippen LogP contribution in [0.5, 0.6) is 0 Å². The molecule has 110 valence electrons. The summed E-state index contributed by atoms with van der Waals surface area (Å²) in [5.41, 5.74) is 0. The smallest absolute Gasteiger partial charge is 0.323 e. The van der Waals surface area contributed by atoms with E-state index in [-0.39, 0.29) is 12.0 Å². The second-order valence-corrected chi connectivity index (χ2v) is 5.86. The molecule has 0 aromatic rings. The van der Waals surface area contributed by atoms with Crippen molar-refractivity contribution in [1.29, 1.82) is 0 Å². The van der Waals surface area contributed by atoms with Gasteiger partial charge in [0.1, 0.15) is 6.04 Å². The molecule has 2 aliphatic rings. The first-order valence-corrected chi connectivity index (χ1v) is 7.85. The molecule has 1 heterocycles. The fourth-order valence-electron chi connectivity index (χ4n) is 3.53. The SMILES string of the molecule is COC(=O)C(C1CCCCCC1)N1CCCNCC1. The first-order valence-electron chi connectivity index (χ1n) is 7.85. The standard InChI is InChI=1S/C15H28N2O2/c1-19-15(18)14(13-7-4-2-3-5-8-13)17-11-6-9-16-10-12-17/h13-14,16H,2-12H2,1H3. The minimum atomic E-state index is -0.0196. The molecule has 0 aromatic carbocycles. The highest BCUT2D eigenvalue weighted by atomic mass is 16.5. The highest BCUT2D eigenvalue weighted by molar-refractivity contribution is 5.76. The summed E-state index contributed by atoms with van der Waals surface area (Å²) in [6, 6.07) is -0.0111. The fourth-order valence-corrected chi connectivity index (χ4v) is 3.53. The van der Waals surface area contributed by atoms with Crippen LogP contribution in [0, 0.1) is 5.92 Å². The highest BCUT2D eigenvalue weighted by Crippen LogP contribution is 2.29. The number of rotatable bonds is 3. The van der Waals surface area contributed by atoms with Gasteiger partial charge in [-0.2, -0.15) is 0 Å². The zero-order chi connectivity index (χ0) is 13.5. The number of esters is 1. The van der Waals surface area contributed by atoms with Gasteiger partial charge in [-0.1, -0.05) is 25.7 Å². The van der Waals surface area contributed by atoms with Crippen LogP contribution >= 0.6 is 0 Å². The Morgan fingerprint density at radius 1 is 1.11 bits per heavy atom. The third kappa shape index (κ3) is 4.18. The van der Waals surface area contributed by atoms with Crippen molar-refractivity contribution in [3.8, 4) is 0 Å². The number of carbonyl (C=O) groups excluding carboxylic acids is 1. The van der Waals surface area contributed by atoms with E-state index in [0.29, 0.717) is 5.92 Å². The van der Waals surface area contributed by atoms with E-state index in [2.05, 4.69) is 10.2 Å². The molecule has 1 atom stereocenters. The van der Waals surface area contributed by atoms with E-state index in [1.165, 1.54) is 45.6 Å². The van der Waals surface area contributed by atoms with Crippen LogP contribution in [0.25, 0.3) is 0 Å². The van der Waals surface area contributed by atoms with Gasteiger partial charge in [-0.15, -0.1) is 0 Å². The van der Waals surface area contributed by atoms with Gasteiger partial charge in [-0.25, -0.2) is 0 Å². The molecule has 2 fully saturated rings. The van der Waals surface area contributed by atoms with E-state index >= 15 is 0 Å². The fraction of sp³-hybridized carbons (Fsp3) is 0.933. The van der Waals surface area contributed by atoms with Crippen molar-refractivity contribution in [2.24, 2.45) is 5.92 Å². The molecule has 1 saturated carbocycles. The van der Waals surface area contributed by atoms with Gasteiger partial charge in [-0.3, -0.25) is 9.69 Å². The maximum absolute atomic E-state index is 12.3. The molecule has 1 N–H and O–H groups in total. The average Bonchev–Trinajstić information content (AvgIpc) is 2.84. The second kappa shape index (κ2) is 7.85. The Hall–Kier alpha value is -0.610. The molecule has 0 amide bonds. The van der Waals surface area contributed by atoms with Crippen molar-refractivity contribution in [2.45, 2.75) is 51.0 Å². The van der Waals surface area contributed by atoms with E-state index in [1.54, 1.807) is 0 Å². The van der Waals surface area contributed by atoms with Gasteiger partial charge in [0, 0.05) is 19.6 Å². The molecule has 4 heteroatoms. The van der Waals surface area contributed by atoms with E-state index < -0.39 is 0 Å². The normalized spacial score (nSPS) is 25.3. The largest absolute Gasteiger partial charge is 0.468 e. The summed E-state index contributed by atoms with van der Waals surface area (Å²) in [5.74, 6) is 0.474. The number of carbonyl (C=O) groups is 1. The molecular weight excluding hydrogens is 240 g/mol. The Balaban J connectivity index is 2.06. The zero-order valence-electron chi connectivity index (χ0n) is 12.2. The van der Waals surface area contributed by atoms with Gasteiger partial charge >= 0.3 is 5.97 Å². The molecule has 1 aliphatic heterocycles. The molecule has 0 aromatic heterocycles. The molecule has 4 nitrogen and oxygen atoms in total. The van der Waals surface area contributed by atoms with Crippen molar-refractivity contribution in [3.05, 3.63) is 0 Å². The minimum Gasteiger partial charge on any atom is -0.468 e. The molecule has 0 radical (unpaired) electrons. The third-order valence-electron chi connectivity index (χ3n) is 4.56. The number of nitrogens with one attached hydrogen (secondary N) is 1. The molecule has 0 spiro atoms. The topological polar surface area (TPSA) is 41.6 Å². The summed E-state index contributed by atoms with van der Waals surface area (Å²) in [5, 5.41) is 3.41. The lowest BCUT2D eigenvalue weighted by Gasteiger charge is -2.34. The summed E-state index contributed by atoms with van der Waals surface area (Å²) in [7, 11) is 1.53. The molecular formula is C15H28N2O2. The Morgan fingerprint density at radius 3 is 2.53 bits per heavy atom. The molecule has 19 heavy (non-hydrogen) atoms. The van der Waals surface area contributed by atoms with Crippen LogP contribution in [0.15, 0.2) is 0 Å². The Morgan fingerprint density at radius 2 is 1.84 bits per heavy atom. The van der Waals surface area contributed by atoms with Crippen molar-refractivity contribution in [2.75, 3.05) is 33.3 Å². The van der Waals surface area contributed by atoms with E-state index in [4.69, 9.17) is 4.74 Å². The van der Waals surface area contributed by atoms with E-state index in [1.807, 2.05) is 0 Å². The van der Waals surface area contributed by atoms with Crippen molar-refractivity contribution >= 4 is 5.97 Å². The Bertz CT molecular complexity index is 247. The predicted octanol–water partition coefficient (Wildman–Crippen LogP) is 1.79. The number of hydrogen-bond donors (Lipinski definition) is 1. The summed E-state index contributed by atoms with van der Waals surface area (Å²) >= 11 is 0. The summed E-state index contributed by atoms with van der Waals surface area (Å²) in [6.45, 7) is 4.04. The summed E-state index contributed by atoms with van der Waals surface area (Å²) in [4.78, 5) is 14.6. The van der Waals surface area contributed by atoms with Crippen LogP contribution in [0.3, 0.4) is 0 Å². The van der Waals surface area contributed by atoms with Gasteiger partial charge in [0.05, 0.1) is 7.11 Å². The predicted molar refractivity (Wildman–Crippen MR) is 76.1 cm³/mol. The van der Waals surface area contributed by atoms with Gasteiger partial charge in [0.15, 0.2) is 0 Å². The van der Waals surface area contributed by atoms with Crippen LogP contribution in [0.2, 0.25) is 0 Å². The second-order valence-electron chi connectivity index (χ2n) is 5.86. The van der Waals surface area contributed by atoms with Crippen LogP contribution in [0.1, 0.15) is 44.9 Å². The van der Waals surface area contributed by atoms with Crippen LogP contribution in [-0.4, -0.2) is 50.2 Å². The monoisotopic (exact) mass is 268 g/mol. The van der Waals surface area contributed by atoms with Crippen molar-refractivity contribution < 1.29 is 9.53 Å². The molecule has 1 saturated heterocycles. The Kier molecular flexibility index (Phi) is 6.11. The Labute approximate surface area is 116 Å². The van der Waals surface area contributed by atoms with Gasteiger partial charge in [0.2, 0.25) is 0 Å². The number of hydrogen-bond acceptors (Lipinski definition) is 4. The first-order chi connectivity index (χ1) is 9.33. The van der Waals surface area contributed by atoms with E-state index in [9.17, 15) is 4.79 Å². The lowest BCUT2D eigenvalue weighted by Crippen LogP contribution is -2.48. The summed E-state index contributed by atoms with van der Waals surface area (Å²) in [6.07, 6.45) is 8.68. The lowest BCUT2D eigenvalue weighted by molar-refractivity contribution is -0.149. The molecule has 1 unspecified atom stereocenters. The maximum Gasteiger partial charge on any atom is 0.323 e. The van der Waals surface area contributed by atoms with Crippen LogP contribution in [0.4, 0.5) is 0 Å². The number of methoxy groups -OCH3 is 1. The highest BCUT2D eigenvalue weighted by Gasteiger charge is 2.34. The summed E-state index contributed by atoms with van der Waals surface area (Å²) < 4.78 is 5.10. The third-order valence-corrected chi connectivity index (χ3v) is 4.56. The zero-order valence-corrected chi connectivity index (χ0v) is 12.2. The molecule has 1 aliphatic carbocycles. The maximum atomic E-state index is 12.3. The van der Waals surface area contributed by atoms with Crippen LogP contribution < -0.4 is 5.32 Å². The molecule has 0 bridgehead atoms. The molecule has 2 rings (SSSR count). The van der Waals surface area contributed by atoms with E-state index in [0.717, 1.165) is 32.6 Å². The van der Waals surface area contributed by atoms with Gasteiger partial charge < -0.3 is 10.1 Å². The first kappa shape index (κ1) is 14.8. The quantitative estimate of drug-likeness (QED) is 0.626.